The van der Waals surface area contributed by atoms with Gasteiger partial charge in [-0.05, 0) is 73.3 Å². The second-order valence-corrected chi connectivity index (χ2v) is 9.76. The number of ether oxygens (including phenoxy) is 1. The molecule has 1 aliphatic rings. The van der Waals surface area contributed by atoms with Crippen LogP contribution in [0.1, 0.15) is 49.8 Å². The van der Waals surface area contributed by atoms with Crippen LogP contribution in [0, 0.1) is 5.92 Å². The molecule has 178 valence electrons. The van der Waals surface area contributed by atoms with Crippen molar-refractivity contribution < 1.29 is 9.53 Å². The van der Waals surface area contributed by atoms with Crippen LogP contribution in [0.15, 0.2) is 78.9 Å². The van der Waals surface area contributed by atoms with Crippen LogP contribution < -0.4 is 10.1 Å². The maximum absolute atomic E-state index is 12.1. The van der Waals surface area contributed by atoms with Crippen molar-refractivity contribution in [3.8, 4) is 5.75 Å². The molecule has 0 unspecified atom stereocenters. The molecule has 0 saturated carbocycles. The van der Waals surface area contributed by atoms with E-state index in [1.165, 1.54) is 5.56 Å². The molecule has 1 amide bonds. The zero-order valence-electron chi connectivity index (χ0n) is 19.9. The Kier molecular flexibility index (Phi) is 8.25. The van der Waals surface area contributed by atoms with Crippen LogP contribution in [0.5, 0.6) is 5.75 Å². The average molecular weight is 477 g/mol. The lowest BCUT2D eigenvalue weighted by Crippen LogP contribution is -2.37. The summed E-state index contributed by atoms with van der Waals surface area (Å²) < 4.78 is 6.40. The molecule has 5 heteroatoms. The number of nitrogens with one attached hydrogen (secondary N) is 1. The van der Waals surface area contributed by atoms with E-state index in [2.05, 4.69) is 46.6 Å². The van der Waals surface area contributed by atoms with E-state index in [1.54, 1.807) is 0 Å². The summed E-state index contributed by atoms with van der Waals surface area (Å²) >= 11 is 6.18. The molecule has 0 spiro atoms. The van der Waals surface area contributed by atoms with Gasteiger partial charge in [0.05, 0.1) is 0 Å². The summed E-state index contributed by atoms with van der Waals surface area (Å²) in [6.07, 6.45) is 2.10. The van der Waals surface area contributed by atoms with Crippen molar-refractivity contribution in [3.63, 3.8) is 0 Å². The molecule has 1 aliphatic heterocycles. The minimum atomic E-state index is -0.0641. The number of piperidine rings is 1. The van der Waals surface area contributed by atoms with Crippen molar-refractivity contribution in [2.75, 3.05) is 25.0 Å². The lowest BCUT2D eigenvalue weighted by atomic mass is 9.89. The van der Waals surface area contributed by atoms with E-state index in [9.17, 15) is 4.79 Å². The zero-order valence-corrected chi connectivity index (χ0v) is 20.7. The predicted molar refractivity (Wildman–Crippen MR) is 140 cm³/mol. The third-order valence-corrected chi connectivity index (χ3v) is 6.64. The number of anilines is 1. The largest absolute Gasteiger partial charge is 0.484 e. The van der Waals surface area contributed by atoms with Gasteiger partial charge in [-0.2, -0.15) is 0 Å². The molecule has 0 radical (unpaired) electrons. The van der Waals surface area contributed by atoms with Crippen LogP contribution in [0.2, 0.25) is 5.02 Å². The van der Waals surface area contributed by atoms with Gasteiger partial charge in [0.1, 0.15) is 11.9 Å². The van der Waals surface area contributed by atoms with Crippen LogP contribution in [0.25, 0.3) is 0 Å². The van der Waals surface area contributed by atoms with Gasteiger partial charge in [0.15, 0.2) is 0 Å². The van der Waals surface area contributed by atoms with Gasteiger partial charge in [0.2, 0.25) is 5.91 Å². The first kappa shape index (κ1) is 24.3. The maximum atomic E-state index is 12.1. The summed E-state index contributed by atoms with van der Waals surface area (Å²) in [6.45, 7) is 6.67. The van der Waals surface area contributed by atoms with Crippen molar-refractivity contribution >= 4 is 23.2 Å². The van der Waals surface area contributed by atoms with Gasteiger partial charge < -0.3 is 10.1 Å². The fourth-order valence-electron chi connectivity index (χ4n) is 4.42. The minimum absolute atomic E-state index is 0.0291. The summed E-state index contributed by atoms with van der Waals surface area (Å²) in [5.74, 6) is 1.31. The number of benzene rings is 3. The number of hydrogen-bond donors (Lipinski definition) is 1. The van der Waals surface area contributed by atoms with Crippen molar-refractivity contribution in [3.05, 3.63) is 95.0 Å². The number of rotatable bonds is 8. The highest BCUT2D eigenvalue weighted by atomic mass is 35.5. The number of nitrogens with zero attached hydrogens (tertiary/aromatic N) is 1. The second-order valence-electron chi connectivity index (χ2n) is 9.32. The molecule has 4 nitrogen and oxygen atoms in total. The fourth-order valence-corrected chi connectivity index (χ4v) is 4.60. The highest BCUT2D eigenvalue weighted by molar-refractivity contribution is 6.30. The predicted octanol–water partition coefficient (Wildman–Crippen LogP) is 6.93. The number of halogens is 1. The summed E-state index contributed by atoms with van der Waals surface area (Å²) in [7, 11) is 0. The standard InChI is InChI=1S/C29H33ClN2O2/c1-21(2)29(33)31-26-12-6-10-24(18-26)22-14-16-32(17-15-22)20-28(23-8-4-3-5-9-23)34-27-13-7-11-25(30)19-27/h3-13,18-19,21-22,28H,14-17,20H2,1-2H3,(H,31,33)/t28-/m1/s1. The Hall–Kier alpha value is -2.82. The van der Waals surface area contributed by atoms with E-state index in [0.717, 1.165) is 49.5 Å². The molecule has 3 aromatic rings. The van der Waals surface area contributed by atoms with Gasteiger partial charge in [-0.25, -0.2) is 0 Å². The molecular formula is C29H33ClN2O2. The lowest BCUT2D eigenvalue weighted by Gasteiger charge is -2.34. The van der Waals surface area contributed by atoms with E-state index in [-0.39, 0.29) is 17.9 Å². The van der Waals surface area contributed by atoms with Gasteiger partial charge in [-0.15, -0.1) is 0 Å². The SMILES string of the molecule is CC(C)C(=O)Nc1cccc(C2CCN(C[C@@H](Oc3cccc(Cl)c3)c3ccccc3)CC2)c1. The molecule has 1 N–H and O–H groups in total. The Morgan fingerprint density at radius 2 is 1.74 bits per heavy atom. The van der Waals surface area contributed by atoms with Crippen LogP contribution in [0.3, 0.4) is 0 Å². The first-order valence-corrected chi connectivity index (χ1v) is 12.5. The molecule has 0 aromatic heterocycles. The Balaban J connectivity index is 1.39. The summed E-state index contributed by atoms with van der Waals surface area (Å²) in [6, 6.07) is 26.3. The normalized spacial score (nSPS) is 15.8. The quantitative estimate of drug-likeness (QED) is 0.383. The number of carbonyl (C=O) groups excluding carboxylic acids is 1. The highest BCUT2D eigenvalue weighted by Gasteiger charge is 2.25. The Labute approximate surface area is 207 Å². The van der Waals surface area contributed by atoms with E-state index < -0.39 is 0 Å². The van der Waals surface area contributed by atoms with Crippen LogP contribution >= 0.6 is 11.6 Å². The first-order valence-electron chi connectivity index (χ1n) is 12.1. The van der Waals surface area contributed by atoms with Crippen molar-refractivity contribution in [2.45, 2.75) is 38.7 Å². The molecule has 1 fully saturated rings. The van der Waals surface area contributed by atoms with Crippen LogP contribution in [-0.4, -0.2) is 30.4 Å². The van der Waals surface area contributed by atoms with E-state index in [0.29, 0.717) is 10.9 Å². The van der Waals surface area contributed by atoms with Crippen LogP contribution in [0.4, 0.5) is 5.69 Å². The van der Waals surface area contributed by atoms with Crippen molar-refractivity contribution in [2.24, 2.45) is 5.92 Å². The summed E-state index contributed by atoms with van der Waals surface area (Å²) in [5.41, 5.74) is 3.35. The second kappa shape index (κ2) is 11.5. The fraction of sp³-hybridized carbons (Fsp3) is 0.345. The van der Waals surface area contributed by atoms with E-state index in [1.807, 2.05) is 56.3 Å². The van der Waals surface area contributed by atoms with Crippen molar-refractivity contribution in [1.82, 2.24) is 4.90 Å². The molecule has 0 aliphatic carbocycles. The minimum Gasteiger partial charge on any atom is -0.484 e. The number of hydrogen-bond acceptors (Lipinski definition) is 3. The molecule has 1 atom stereocenters. The monoisotopic (exact) mass is 476 g/mol. The number of amides is 1. The van der Waals surface area contributed by atoms with Gasteiger partial charge in [0, 0.05) is 23.2 Å². The maximum Gasteiger partial charge on any atom is 0.226 e. The van der Waals surface area contributed by atoms with Gasteiger partial charge >= 0.3 is 0 Å². The number of likely N-dealkylation sites (tertiary alicyclic amines) is 1. The topological polar surface area (TPSA) is 41.6 Å². The Bertz CT molecular complexity index is 1080. The molecule has 1 heterocycles. The molecule has 1 saturated heterocycles. The summed E-state index contributed by atoms with van der Waals surface area (Å²) in [4.78, 5) is 14.6. The molecule has 3 aromatic carbocycles. The first-order chi connectivity index (χ1) is 16.5. The molecule has 34 heavy (non-hydrogen) atoms. The van der Waals surface area contributed by atoms with Crippen LogP contribution in [-0.2, 0) is 4.79 Å². The zero-order chi connectivity index (χ0) is 23.9. The van der Waals surface area contributed by atoms with Crippen molar-refractivity contribution in [1.29, 1.82) is 0 Å². The lowest BCUT2D eigenvalue weighted by molar-refractivity contribution is -0.118. The smallest absolute Gasteiger partial charge is 0.226 e. The molecule has 4 rings (SSSR count). The third kappa shape index (κ3) is 6.62. The summed E-state index contributed by atoms with van der Waals surface area (Å²) in [5, 5.41) is 3.70. The van der Waals surface area contributed by atoms with E-state index in [4.69, 9.17) is 16.3 Å². The Morgan fingerprint density at radius 3 is 2.44 bits per heavy atom. The highest BCUT2D eigenvalue weighted by Crippen LogP contribution is 2.32. The van der Waals surface area contributed by atoms with Gasteiger partial charge in [-0.3, -0.25) is 9.69 Å². The van der Waals surface area contributed by atoms with E-state index >= 15 is 0 Å². The average Bonchev–Trinajstić information content (AvgIpc) is 2.85. The Morgan fingerprint density at radius 1 is 1.00 bits per heavy atom. The number of carbonyl (C=O) groups is 1. The van der Waals surface area contributed by atoms with Gasteiger partial charge in [0.25, 0.3) is 0 Å². The third-order valence-electron chi connectivity index (χ3n) is 6.41. The van der Waals surface area contributed by atoms with Gasteiger partial charge in [-0.1, -0.05) is 74.0 Å². The molecular weight excluding hydrogens is 444 g/mol. The molecule has 0 bridgehead atoms.